The molecule has 60 valence electrons. The Bertz CT molecular complexity index is 261. The Balaban J connectivity index is 2.81. The van der Waals surface area contributed by atoms with E-state index in [-0.39, 0.29) is 17.9 Å². The number of carbonyl (C=O) groups is 1. The summed E-state index contributed by atoms with van der Waals surface area (Å²) in [6.07, 6.45) is -0.238. The lowest BCUT2D eigenvalue weighted by Crippen LogP contribution is -2.02. The lowest BCUT2D eigenvalue weighted by atomic mass is 10.3. The van der Waals surface area contributed by atoms with Gasteiger partial charge in [0, 0.05) is 6.07 Å². The monoisotopic (exact) mass is 157 g/mol. The van der Waals surface area contributed by atoms with E-state index < -0.39 is 5.97 Å². The number of rotatable bonds is 2. The zero-order chi connectivity index (χ0) is 8.43. The number of hydrogen-bond donors (Lipinski definition) is 3. The van der Waals surface area contributed by atoms with Gasteiger partial charge in [0.15, 0.2) is 5.82 Å². The van der Waals surface area contributed by atoms with E-state index in [1.54, 1.807) is 0 Å². The van der Waals surface area contributed by atoms with E-state index in [2.05, 4.69) is 5.10 Å². The van der Waals surface area contributed by atoms with Crippen molar-refractivity contribution in [1.29, 1.82) is 0 Å². The first kappa shape index (κ1) is 7.39. The predicted molar refractivity (Wildman–Crippen MR) is 35.2 cm³/mol. The third-order valence-corrected chi connectivity index (χ3v) is 1.10. The second kappa shape index (κ2) is 2.49. The molecule has 0 amide bonds. The minimum Gasteiger partial charge on any atom is -0.481 e. The molecular weight excluding hydrogens is 150 g/mol. The average molecular weight is 157 g/mol. The summed E-state index contributed by atoms with van der Waals surface area (Å²) in [6, 6.07) is 1.30. The van der Waals surface area contributed by atoms with Gasteiger partial charge < -0.3 is 16.0 Å². The Kier molecular flexibility index (Phi) is 1.67. The van der Waals surface area contributed by atoms with Crippen molar-refractivity contribution in [2.75, 3.05) is 5.73 Å². The van der Waals surface area contributed by atoms with Crippen LogP contribution in [0.1, 0.15) is 5.69 Å². The van der Waals surface area contributed by atoms with Crippen LogP contribution in [0.15, 0.2) is 6.07 Å². The lowest BCUT2D eigenvalue weighted by Gasteiger charge is -1.87. The summed E-state index contributed by atoms with van der Waals surface area (Å²) in [6.45, 7) is 0. The number of hydrogen-bond acceptors (Lipinski definition) is 4. The highest BCUT2D eigenvalue weighted by atomic mass is 16.5. The SMILES string of the molecule is Nc1cc(CC(=O)O)nn1O. The van der Waals surface area contributed by atoms with Crippen LogP contribution in [0, 0.1) is 0 Å². The summed E-state index contributed by atoms with van der Waals surface area (Å²) in [4.78, 5) is 10.6. The molecule has 1 aromatic rings. The van der Waals surface area contributed by atoms with E-state index in [0.29, 0.717) is 4.85 Å². The Labute approximate surface area is 61.8 Å². The van der Waals surface area contributed by atoms with Crippen molar-refractivity contribution in [3.63, 3.8) is 0 Å². The Morgan fingerprint density at radius 1 is 1.82 bits per heavy atom. The van der Waals surface area contributed by atoms with Crippen molar-refractivity contribution < 1.29 is 15.1 Å². The maximum atomic E-state index is 10.1. The summed E-state index contributed by atoms with van der Waals surface area (Å²) in [5.41, 5.74) is 5.41. The van der Waals surface area contributed by atoms with Crippen LogP contribution >= 0.6 is 0 Å². The topological polar surface area (TPSA) is 101 Å². The molecule has 0 saturated carbocycles. The summed E-state index contributed by atoms with van der Waals surface area (Å²) in [5, 5.41) is 20.5. The zero-order valence-electron chi connectivity index (χ0n) is 5.56. The van der Waals surface area contributed by atoms with Gasteiger partial charge in [-0.2, -0.15) is 0 Å². The summed E-state index contributed by atoms with van der Waals surface area (Å²) in [7, 11) is 0. The van der Waals surface area contributed by atoms with Gasteiger partial charge >= 0.3 is 5.97 Å². The second-order valence-corrected chi connectivity index (χ2v) is 2.02. The van der Waals surface area contributed by atoms with Gasteiger partial charge in [-0.15, -0.1) is 5.10 Å². The molecule has 0 radical (unpaired) electrons. The molecule has 1 aromatic heterocycles. The van der Waals surface area contributed by atoms with Crippen molar-refractivity contribution in [3.05, 3.63) is 11.8 Å². The summed E-state index contributed by atoms with van der Waals surface area (Å²) in [5.74, 6) is -0.982. The number of carboxylic acid groups (broad SMARTS) is 1. The van der Waals surface area contributed by atoms with Crippen LogP contribution in [0.4, 0.5) is 5.82 Å². The number of nitrogens with zero attached hydrogens (tertiary/aromatic N) is 2. The van der Waals surface area contributed by atoms with Crippen LogP contribution in [0.5, 0.6) is 0 Å². The molecule has 0 aliphatic carbocycles. The zero-order valence-corrected chi connectivity index (χ0v) is 5.56. The molecule has 11 heavy (non-hydrogen) atoms. The molecule has 0 aliphatic rings. The molecule has 0 unspecified atom stereocenters. The van der Waals surface area contributed by atoms with Crippen LogP contribution in [0.3, 0.4) is 0 Å². The normalized spacial score (nSPS) is 9.82. The van der Waals surface area contributed by atoms with Crippen LogP contribution in [-0.4, -0.2) is 26.2 Å². The fourth-order valence-corrected chi connectivity index (χ4v) is 0.678. The fraction of sp³-hybridized carbons (Fsp3) is 0.200. The van der Waals surface area contributed by atoms with Crippen LogP contribution in [0.25, 0.3) is 0 Å². The first-order valence-electron chi connectivity index (χ1n) is 2.85. The van der Waals surface area contributed by atoms with E-state index in [4.69, 9.17) is 16.0 Å². The minimum atomic E-state index is -1.01. The molecule has 6 nitrogen and oxygen atoms in total. The van der Waals surface area contributed by atoms with Gasteiger partial charge in [-0.3, -0.25) is 4.79 Å². The van der Waals surface area contributed by atoms with Gasteiger partial charge in [-0.25, -0.2) is 0 Å². The quantitative estimate of drug-likeness (QED) is 0.494. The van der Waals surface area contributed by atoms with Crippen molar-refractivity contribution >= 4 is 11.8 Å². The molecule has 1 rings (SSSR count). The molecule has 0 atom stereocenters. The number of aromatic nitrogens is 2. The molecule has 6 heteroatoms. The maximum Gasteiger partial charge on any atom is 0.309 e. The van der Waals surface area contributed by atoms with E-state index in [1.165, 1.54) is 6.07 Å². The number of nitrogen functional groups attached to an aromatic ring is 1. The third-order valence-electron chi connectivity index (χ3n) is 1.10. The molecule has 0 aliphatic heterocycles. The fourth-order valence-electron chi connectivity index (χ4n) is 0.678. The average Bonchev–Trinajstić information content (AvgIpc) is 2.10. The van der Waals surface area contributed by atoms with E-state index in [0.717, 1.165) is 0 Å². The molecule has 0 spiro atoms. The van der Waals surface area contributed by atoms with Gasteiger partial charge in [-0.1, -0.05) is 4.85 Å². The highest BCUT2D eigenvalue weighted by molar-refractivity contribution is 5.69. The highest BCUT2D eigenvalue weighted by Crippen LogP contribution is 2.03. The van der Waals surface area contributed by atoms with E-state index in [9.17, 15) is 4.79 Å². The molecule has 0 fully saturated rings. The van der Waals surface area contributed by atoms with Gasteiger partial charge in [0.1, 0.15) is 0 Å². The van der Waals surface area contributed by atoms with E-state index >= 15 is 0 Å². The third kappa shape index (κ3) is 1.60. The number of nitrogens with two attached hydrogens (primary N) is 1. The molecule has 0 aromatic carbocycles. The standard InChI is InChI=1S/C5H7N3O3/c6-4-1-3(2-5(9)10)7-8(4)11/h1,11H,2,6H2,(H,9,10). The Morgan fingerprint density at radius 3 is 2.82 bits per heavy atom. The van der Waals surface area contributed by atoms with Crippen molar-refractivity contribution in [2.24, 2.45) is 0 Å². The molecule has 4 N–H and O–H groups in total. The lowest BCUT2D eigenvalue weighted by molar-refractivity contribution is -0.136. The smallest absolute Gasteiger partial charge is 0.309 e. The minimum absolute atomic E-state index is 0.0289. The molecule has 0 bridgehead atoms. The molecule has 0 saturated heterocycles. The van der Waals surface area contributed by atoms with Gasteiger partial charge in [0.25, 0.3) is 0 Å². The number of anilines is 1. The Morgan fingerprint density at radius 2 is 2.45 bits per heavy atom. The second-order valence-electron chi connectivity index (χ2n) is 2.02. The van der Waals surface area contributed by atoms with Gasteiger partial charge in [0.2, 0.25) is 0 Å². The maximum absolute atomic E-state index is 10.1. The highest BCUT2D eigenvalue weighted by Gasteiger charge is 2.06. The van der Waals surface area contributed by atoms with Crippen LogP contribution in [-0.2, 0) is 11.2 Å². The first-order valence-corrected chi connectivity index (χ1v) is 2.85. The van der Waals surface area contributed by atoms with Crippen molar-refractivity contribution in [1.82, 2.24) is 9.94 Å². The van der Waals surface area contributed by atoms with E-state index in [1.807, 2.05) is 0 Å². The van der Waals surface area contributed by atoms with Crippen molar-refractivity contribution in [3.8, 4) is 0 Å². The van der Waals surface area contributed by atoms with Gasteiger partial charge in [-0.05, 0) is 0 Å². The largest absolute Gasteiger partial charge is 0.481 e. The number of carboxylic acids is 1. The predicted octanol–water partition coefficient (Wildman–Crippen LogP) is -0.670. The van der Waals surface area contributed by atoms with Crippen LogP contribution < -0.4 is 5.73 Å². The van der Waals surface area contributed by atoms with Crippen molar-refractivity contribution in [2.45, 2.75) is 6.42 Å². The number of aliphatic carboxylic acids is 1. The Hall–Kier alpha value is -1.72. The first-order chi connectivity index (χ1) is 5.09. The van der Waals surface area contributed by atoms with Crippen LogP contribution in [0.2, 0.25) is 0 Å². The summed E-state index contributed by atoms with van der Waals surface area (Å²) < 4.78 is 0. The summed E-state index contributed by atoms with van der Waals surface area (Å²) >= 11 is 0. The van der Waals surface area contributed by atoms with Gasteiger partial charge in [0.05, 0.1) is 12.1 Å². The molecule has 1 heterocycles. The molecular formula is C5H7N3O3.